The first-order valence-corrected chi connectivity index (χ1v) is 18.7. The van der Waals surface area contributed by atoms with E-state index in [1.165, 1.54) is 62.7 Å². The van der Waals surface area contributed by atoms with Crippen LogP contribution >= 0.6 is 23.2 Å². The van der Waals surface area contributed by atoms with Gasteiger partial charge in [0.2, 0.25) is 5.91 Å². The molecule has 1 aliphatic rings. The van der Waals surface area contributed by atoms with E-state index in [2.05, 4.69) is 16.7 Å². The van der Waals surface area contributed by atoms with Crippen molar-refractivity contribution in [3.63, 3.8) is 0 Å². The molecule has 3 aromatic rings. The van der Waals surface area contributed by atoms with Gasteiger partial charge in [-0.1, -0.05) is 62.2 Å². The molecule has 4 rings (SSSR count). The summed E-state index contributed by atoms with van der Waals surface area (Å²) in [6.45, 7) is 9.87. The molecular formula is C41H46Cl2F2N4O8. The zero-order chi connectivity index (χ0) is 42.5. The molecule has 12 nitrogen and oxygen atoms in total. The Kier molecular flexibility index (Phi) is 14.2. The third-order valence-electron chi connectivity index (χ3n) is 9.08. The number of rotatable bonds is 12. The SMILES string of the molecule is COc1cc(C(=O)OCCOC(=O)CN(C)C(=O)OC(C)(C)C)ccc1NC(=O)[C@@H]1N[C@@H](CC(C)(C)C)[C@](C#N)(c2ccc(Cl)cc2F)[C@H]1c1cccc(Cl)c1F. The predicted octanol–water partition coefficient (Wildman–Crippen LogP) is 7.81. The summed E-state index contributed by atoms with van der Waals surface area (Å²) >= 11 is 12.4. The summed E-state index contributed by atoms with van der Waals surface area (Å²) in [6, 6.07) is 12.3. The molecule has 2 amide bonds. The van der Waals surface area contributed by atoms with Crippen LogP contribution in [0.25, 0.3) is 0 Å². The molecule has 1 aliphatic heterocycles. The van der Waals surface area contributed by atoms with Gasteiger partial charge in [-0.2, -0.15) is 5.26 Å². The van der Waals surface area contributed by atoms with Crippen molar-refractivity contribution in [1.29, 1.82) is 5.26 Å². The van der Waals surface area contributed by atoms with E-state index in [1.807, 2.05) is 20.8 Å². The highest BCUT2D eigenvalue weighted by atomic mass is 35.5. The summed E-state index contributed by atoms with van der Waals surface area (Å²) in [7, 11) is 2.69. The van der Waals surface area contributed by atoms with Crippen LogP contribution in [0.1, 0.15) is 75.4 Å². The number of esters is 2. The van der Waals surface area contributed by atoms with Crippen LogP contribution in [0.4, 0.5) is 19.3 Å². The molecule has 0 aromatic heterocycles. The van der Waals surface area contributed by atoms with Crippen LogP contribution in [-0.4, -0.2) is 80.4 Å². The Balaban J connectivity index is 1.57. The second-order valence-electron chi connectivity index (χ2n) is 15.8. The highest BCUT2D eigenvalue weighted by Gasteiger charge is 2.61. The predicted molar refractivity (Wildman–Crippen MR) is 209 cm³/mol. The van der Waals surface area contributed by atoms with Gasteiger partial charge in [0, 0.05) is 29.6 Å². The second kappa shape index (κ2) is 18.1. The fourth-order valence-corrected chi connectivity index (χ4v) is 7.05. The minimum Gasteiger partial charge on any atom is -0.495 e. The summed E-state index contributed by atoms with van der Waals surface area (Å²) in [5.74, 6) is -5.17. The third kappa shape index (κ3) is 10.7. The standard InChI is InChI=1S/C41H46Cl2F2N4O8/c1-39(2,3)20-31-41(22-46,26-14-13-24(42)19-28(26)44)33(25-10-9-11-27(43)34(25)45)35(48-31)36(51)47-29-15-12-23(18-30(29)54-8)37(52)56-17-16-55-32(50)21-49(7)38(53)57-40(4,5)6/h9-15,18-19,31,33,35,48H,16-17,20-21H2,1-8H3,(H,47,51)/t31-,33-,35+,41-/m0/s1. The van der Waals surface area contributed by atoms with Gasteiger partial charge in [-0.3, -0.25) is 9.59 Å². The maximum Gasteiger partial charge on any atom is 0.410 e. The van der Waals surface area contributed by atoms with E-state index in [1.54, 1.807) is 20.8 Å². The molecule has 0 bridgehead atoms. The van der Waals surface area contributed by atoms with Gasteiger partial charge in [0.05, 0.1) is 35.5 Å². The number of nitrogens with one attached hydrogen (secondary N) is 2. The summed E-state index contributed by atoms with van der Waals surface area (Å²) < 4.78 is 53.0. The molecule has 0 spiro atoms. The van der Waals surface area contributed by atoms with Gasteiger partial charge in [-0.15, -0.1) is 0 Å². The number of halogens is 4. The lowest BCUT2D eigenvalue weighted by molar-refractivity contribution is -0.145. The van der Waals surface area contributed by atoms with E-state index >= 15 is 8.78 Å². The van der Waals surface area contributed by atoms with Crippen LogP contribution in [0.2, 0.25) is 10.0 Å². The van der Waals surface area contributed by atoms with E-state index in [4.69, 9.17) is 42.1 Å². The molecular weight excluding hydrogens is 785 g/mol. The van der Waals surface area contributed by atoms with Crippen molar-refractivity contribution in [3.05, 3.63) is 93.0 Å². The minimum atomic E-state index is -1.84. The zero-order valence-corrected chi connectivity index (χ0v) is 34.4. The zero-order valence-electron chi connectivity index (χ0n) is 32.9. The highest BCUT2D eigenvalue weighted by Crippen LogP contribution is 2.53. The lowest BCUT2D eigenvalue weighted by Crippen LogP contribution is -2.45. The maximum atomic E-state index is 16.0. The number of amides is 2. The van der Waals surface area contributed by atoms with E-state index in [9.17, 15) is 24.4 Å². The van der Waals surface area contributed by atoms with Gasteiger partial charge in [-0.25, -0.2) is 18.4 Å². The van der Waals surface area contributed by atoms with Crippen molar-refractivity contribution < 1.29 is 46.9 Å². The highest BCUT2D eigenvalue weighted by molar-refractivity contribution is 6.31. The molecule has 1 heterocycles. The van der Waals surface area contributed by atoms with Crippen molar-refractivity contribution in [2.45, 2.75) is 77.0 Å². The summed E-state index contributed by atoms with van der Waals surface area (Å²) in [5.41, 5.74) is -3.02. The van der Waals surface area contributed by atoms with Gasteiger partial charge in [0.1, 0.15) is 48.2 Å². The summed E-state index contributed by atoms with van der Waals surface area (Å²) in [5, 5.41) is 17.0. The monoisotopic (exact) mass is 830 g/mol. The number of nitriles is 1. The average molecular weight is 832 g/mol. The van der Waals surface area contributed by atoms with Crippen molar-refractivity contribution >= 4 is 52.8 Å². The van der Waals surface area contributed by atoms with Gasteiger partial charge in [0.15, 0.2) is 0 Å². The first kappa shape index (κ1) is 44.7. The van der Waals surface area contributed by atoms with Crippen LogP contribution < -0.4 is 15.4 Å². The Bertz CT molecular complexity index is 2050. The Morgan fingerprint density at radius 3 is 2.28 bits per heavy atom. The summed E-state index contributed by atoms with van der Waals surface area (Å²) in [4.78, 5) is 52.6. The number of hydrogen-bond donors (Lipinski definition) is 2. The number of methoxy groups -OCH3 is 1. The van der Waals surface area contributed by atoms with Crippen LogP contribution in [-0.2, 0) is 29.2 Å². The molecule has 0 unspecified atom stereocenters. The van der Waals surface area contributed by atoms with E-state index in [0.717, 1.165) is 11.0 Å². The lowest BCUT2D eigenvalue weighted by Gasteiger charge is -2.37. The molecule has 57 heavy (non-hydrogen) atoms. The lowest BCUT2D eigenvalue weighted by atomic mass is 9.62. The quantitative estimate of drug-likeness (QED) is 0.105. The Morgan fingerprint density at radius 2 is 1.67 bits per heavy atom. The fraction of sp³-hybridized carbons (Fsp3) is 0.439. The van der Waals surface area contributed by atoms with Crippen molar-refractivity contribution in [3.8, 4) is 11.8 Å². The largest absolute Gasteiger partial charge is 0.495 e. The molecule has 306 valence electrons. The molecule has 4 atom stereocenters. The average Bonchev–Trinajstić information content (AvgIpc) is 3.43. The minimum absolute atomic E-state index is 0.0330. The van der Waals surface area contributed by atoms with E-state index in [0.29, 0.717) is 0 Å². The third-order valence-corrected chi connectivity index (χ3v) is 9.60. The van der Waals surface area contributed by atoms with Crippen LogP contribution in [0, 0.1) is 28.4 Å². The van der Waals surface area contributed by atoms with Gasteiger partial charge < -0.3 is 34.5 Å². The molecule has 1 saturated heterocycles. The molecule has 0 aliphatic carbocycles. The molecule has 0 saturated carbocycles. The number of carbonyl (C=O) groups is 4. The van der Waals surface area contributed by atoms with E-state index in [-0.39, 0.29) is 64.4 Å². The molecule has 16 heteroatoms. The second-order valence-corrected chi connectivity index (χ2v) is 16.6. The number of carbonyl (C=O) groups excluding carboxylic acids is 4. The Morgan fingerprint density at radius 1 is 0.982 bits per heavy atom. The van der Waals surface area contributed by atoms with E-state index < -0.39 is 70.0 Å². The molecule has 2 N–H and O–H groups in total. The number of hydrogen-bond acceptors (Lipinski definition) is 10. The van der Waals surface area contributed by atoms with Gasteiger partial charge >= 0.3 is 18.0 Å². The number of ether oxygens (including phenoxy) is 4. The normalized spacial score (nSPS) is 19.2. The summed E-state index contributed by atoms with van der Waals surface area (Å²) in [6.07, 6.45) is -0.435. The number of nitrogens with zero attached hydrogens (tertiary/aromatic N) is 2. The Labute approximate surface area is 340 Å². The molecule has 1 fully saturated rings. The van der Waals surface area contributed by atoms with Crippen LogP contribution in [0.3, 0.4) is 0 Å². The smallest absolute Gasteiger partial charge is 0.410 e. The maximum absolute atomic E-state index is 16.0. The topological polar surface area (TPSA) is 156 Å². The van der Waals surface area contributed by atoms with Crippen LogP contribution in [0.5, 0.6) is 5.75 Å². The fourth-order valence-electron chi connectivity index (χ4n) is 6.71. The number of anilines is 1. The number of benzene rings is 3. The van der Waals surface area contributed by atoms with Crippen LogP contribution in [0.15, 0.2) is 54.6 Å². The first-order chi connectivity index (χ1) is 26.6. The van der Waals surface area contributed by atoms with Gasteiger partial charge in [-0.05, 0) is 74.6 Å². The van der Waals surface area contributed by atoms with Crippen molar-refractivity contribution in [1.82, 2.24) is 10.2 Å². The molecule has 3 aromatic carbocycles. The number of likely N-dealkylation sites (N-methyl/N-ethyl adjacent to an activating group) is 1. The Hall–Kier alpha value is -4.97. The molecule has 0 radical (unpaired) electrons. The first-order valence-electron chi connectivity index (χ1n) is 17.9. The van der Waals surface area contributed by atoms with Crippen molar-refractivity contribution in [2.24, 2.45) is 5.41 Å². The van der Waals surface area contributed by atoms with Crippen molar-refractivity contribution in [2.75, 3.05) is 39.2 Å². The van der Waals surface area contributed by atoms with Gasteiger partial charge in [0.25, 0.3) is 0 Å².